The van der Waals surface area contributed by atoms with E-state index in [1.54, 1.807) is 14.0 Å². The first-order valence-corrected chi connectivity index (χ1v) is 7.26. The quantitative estimate of drug-likeness (QED) is 0.746. The number of hydrogen-bond donors (Lipinski definition) is 0. The van der Waals surface area contributed by atoms with E-state index in [1.807, 2.05) is 41.5 Å². The predicted octanol–water partition coefficient (Wildman–Crippen LogP) is 3.48. The average Bonchev–Trinajstić information content (AvgIpc) is 2.29. The van der Waals surface area contributed by atoms with Crippen LogP contribution in [0.2, 0.25) is 0 Å². The molecule has 0 saturated carbocycles. The van der Waals surface area contributed by atoms with Crippen LogP contribution in [-0.4, -0.2) is 30.9 Å². The van der Waals surface area contributed by atoms with Crippen LogP contribution in [0.15, 0.2) is 12.3 Å². The van der Waals surface area contributed by atoms with Crippen LogP contribution in [-0.2, 0) is 14.3 Å². The van der Waals surface area contributed by atoms with Gasteiger partial charge in [-0.25, -0.2) is 0 Å². The van der Waals surface area contributed by atoms with Gasteiger partial charge in [0.25, 0.3) is 0 Å². The third-order valence-corrected chi connectivity index (χ3v) is 3.82. The molecule has 0 aliphatic rings. The Kier molecular flexibility index (Phi) is 6.21. The summed E-state index contributed by atoms with van der Waals surface area (Å²) in [5.41, 5.74) is -0.0874. The van der Waals surface area contributed by atoms with Crippen molar-refractivity contribution in [2.45, 2.75) is 48.5 Å². The van der Waals surface area contributed by atoms with Gasteiger partial charge in [-0.05, 0) is 17.8 Å². The number of methoxy groups -OCH3 is 1. The molecule has 0 aromatic rings. The smallest absolute Gasteiger partial charge is 0.310 e. The molecular formula is C17H31NO3. The molecule has 4 heteroatoms. The van der Waals surface area contributed by atoms with E-state index in [0.717, 1.165) is 0 Å². The van der Waals surface area contributed by atoms with Crippen LogP contribution >= 0.6 is 0 Å². The number of ether oxygens (including phenoxy) is 1. The molecule has 0 aliphatic heterocycles. The van der Waals surface area contributed by atoms with Gasteiger partial charge in [-0.3, -0.25) is 9.59 Å². The number of carbonyl (C=O) groups is 2. The summed E-state index contributed by atoms with van der Waals surface area (Å²) in [6.07, 6.45) is 0. The Morgan fingerprint density at radius 1 is 1.00 bits per heavy atom. The summed E-state index contributed by atoms with van der Waals surface area (Å²) in [4.78, 5) is 26.8. The van der Waals surface area contributed by atoms with Gasteiger partial charge in [0.1, 0.15) is 0 Å². The Morgan fingerprint density at radius 3 is 1.62 bits per heavy atom. The van der Waals surface area contributed by atoms with E-state index in [-0.39, 0.29) is 22.7 Å². The molecule has 0 aromatic carbocycles. The van der Waals surface area contributed by atoms with E-state index < -0.39 is 11.8 Å². The lowest BCUT2D eigenvalue weighted by atomic mass is 9.63. The molecule has 0 radical (unpaired) electrons. The number of hydrogen-bond acceptors (Lipinski definition) is 3. The van der Waals surface area contributed by atoms with Crippen molar-refractivity contribution < 1.29 is 14.3 Å². The zero-order valence-corrected chi connectivity index (χ0v) is 15.0. The van der Waals surface area contributed by atoms with Crippen molar-refractivity contribution >= 4 is 11.9 Å². The van der Waals surface area contributed by atoms with Crippen LogP contribution in [0, 0.1) is 22.7 Å². The maximum atomic E-state index is 12.9. The molecule has 122 valence electrons. The SMILES string of the molecule is C=C(C)N(C)C(=O)C(C(C(=O)OC)C(C)(C)C)C(C)(C)C. The Balaban J connectivity index is 5.95. The lowest BCUT2D eigenvalue weighted by Gasteiger charge is -2.42. The van der Waals surface area contributed by atoms with Gasteiger partial charge in [0, 0.05) is 12.7 Å². The zero-order chi connectivity index (χ0) is 17.2. The molecule has 0 bridgehead atoms. The van der Waals surface area contributed by atoms with Crippen molar-refractivity contribution in [1.29, 1.82) is 0 Å². The second-order valence-electron chi connectivity index (χ2n) is 7.84. The molecule has 0 rings (SSSR count). The Bertz CT molecular complexity index is 413. The standard InChI is InChI=1S/C17H31NO3/c1-11(2)18(9)14(19)12(16(3,4)5)13(15(20)21-10)17(6,7)8/h12-13H,1H2,2-10H3. The van der Waals surface area contributed by atoms with E-state index >= 15 is 0 Å². The van der Waals surface area contributed by atoms with Gasteiger partial charge in [0.05, 0.1) is 18.9 Å². The van der Waals surface area contributed by atoms with Crippen LogP contribution in [0.1, 0.15) is 48.5 Å². The summed E-state index contributed by atoms with van der Waals surface area (Å²) in [6.45, 7) is 17.4. The maximum absolute atomic E-state index is 12.9. The van der Waals surface area contributed by atoms with Crippen molar-refractivity contribution in [2.24, 2.45) is 22.7 Å². The highest BCUT2D eigenvalue weighted by atomic mass is 16.5. The van der Waals surface area contributed by atoms with Crippen LogP contribution in [0.5, 0.6) is 0 Å². The van der Waals surface area contributed by atoms with E-state index in [4.69, 9.17) is 4.74 Å². The summed E-state index contributed by atoms with van der Waals surface area (Å²) in [7, 11) is 3.06. The fourth-order valence-electron chi connectivity index (χ4n) is 2.53. The normalized spacial score (nSPS) is 15.1. The van der Waals surface area contributed by atoms with Crippen molar-refractivity contribution in [1.82, 2.24) is 4.90 Å². The van der Waals surface area contributed by atoms with Crippen molar-refractivity contribution in [3.8, 4) is 0 Å². The van der Waals surface area contributed by atoms with Crippen LogP contribution in [0.25, 0.3) is 0 Å². The summed E-state index contributed by atoms with van der Waals surface area (Å²) in [5, 5.41) is 0. The first-order valence-electron chi connectivity index (χ1n) is 7.26. The van der Waals surface area contributed by atoms with E-state index in [1.165, 1.54) is 12.0 Å². The number of allylic oxidation sites excluding steroid dienone is 1. The summed E-state index contributed by atoms with van der Waals surface area (Å²) in [5.74, 6) is -1.44. The average molecular weight is 297 g/mol. The minimum atomic E-state index is -0.517. The number of amides is 1. The number of nitrogens with zero attached hydrogens (tertiary/aromatic N) is 1. The van der Waals surface area contributed by atoms with Crippen LogP contribution in [0.4, 0.5) is 0 Å². The Morgan fingerprint density at radius 2 is 1.38 bits per heavy atom. The number of carbonyl (C=O) groups excluding carboxylic acids is 2. The van der Waals surface area contributed by atoms with Gasteiger partial charge in [-0.15, -0.1) is 0 Å². The molecule has 2 atom stereocenters. The molecule has 1 amide bonds. The summed E-state index contributed by atoms with van der Waals surface area (Å²) in [6, 6.07) is 0. The van der Waals surface area contributed by atoms with Crippen molar-refractivity contribution in [2.75, 3.05) is 14.2 Å². The number of rotatable bonds is 4. The fraction of sp³-hybridized carbons (Fsp3) is 0.765. The first kappa shape index (κ1) is 19.7. The molecule has 4 nitrogen and oxygen atoms in total. The van der Waals surface area contributed by atoms with Crippen LogP contribution in [0.3, 0.4) is 0 Å². The molecule has 0 spiro atoms. The highest BCUT2D eigenvalue weighted by Gasteiger charge is 2.48. The third-order valence-electron chi connectivity index (χ3n) is 3.82. The van der Waals surface area contributed by atoms with Gasteiger partial charge in [-0.1, -0.05) is 48.1 Å². The first-order chi connectivity index (χ1) is 9.25. The molecule has 0 aliphatic carbocycles. The predicted molar refractivity (Wildman–Crippen MR) is 85.5 cm³/mol. The minimum absolute atomic E-state index is 0.0969. The highest BCUT2D eigenvalue weighted by Crippen LogP contribution is 2.43. The molecule has 0 aromatic heterocycles. The van der Waals surface area contributed by atoms with Gasteiger partial charge >= 0.3 is 5.97 Å². The molecule has 2 unspecified atom stereocenters. The van der Waals surface area contributed by atoms with Crippen LogP contribution < -0.4 is 0 Å². The van der Waals surface area contributed by atoms with Gasteiger partial charge in [0.15, 0.2) is 0 Å². The topological polar surface area (TPSA) is 46.6 Å². The second kappa shape index (κ2) is 6.63. The molecular weight excluding hydrogens is 266 g/mol. The number of esters is 1. The highest BCUT2D eigenvalue weighted by molar-refractivity contribution is 5.87. The Hall–Kier alpha value is -1.32. The molecule has 0 saturated heterocycles. The fourth-order valence-corrected chi connectivity index (χ4v) is 2.53. The minimum Gasteiger partial charge on any atom is -0.469 e. The van der Waals surface area contributed by atoms with E-state index in [0.29, 0.717) is 5.70 Å². The lowest BCUT2D eigenvalue weighted by molar-refractivity contribution is -0.161. The van der Waals surface area contributed by atoms with E-state index in [2.05, 4.69) is 6.58 Å². The summed E-state index contributed by atoms with van der Waals surface area (Å²) < 4.78 is 4.97. The zero-order valence-electron chi connectivity index (χ0n) is 15.0. The summed E-state index contributed by atoms with van der Waals surface area (Å²) >= 11 is 0. The Labute approximate surface area is 129 Å². The van der Waals surface area contributed by atoms with E-state index in [9.17, 15) is 9.59 Å². The molecule has 0 fully saturated rings. The van der Waals surface area contributed by atoms with Gasteiger partial charge in [0.2, 0.25) is 5.91 Å². The van der Waals surface area contributed by atoms with Gasteiger partial charge < -0.3 is 9.64 Å². The lowest BCUT2D eigenvalue weighted by Crippen LogP contribution is -2.49. The van der Waals surface area contributed by atoms with Crippen molar-refractivity contribution in [3.05, 3.63) is 12.3 Å². The second-order valence-corrected chi connectivity index (χ2v) is 7.84. The largest absolute Gasteiger partial charge is 0.469 e. The van der Waals surface area contributed by atoms with Gasteiger partial charge in [-0.2, -0.15) is 0 Å². The molecule has 21 heavy (non-hydrogen) atoms. The maximum Gasteiger partial charge on any atom is 0.310 e. The molecule has 0 N–H and O–H groups in total. The molecule has 0 heterocycles. The monoisotopic (exact) mass is 297 g/mol. The van der Waals surface area contributed by atoms with Crippen molar-refractivity contribution in [3.63, 3.8) is 0 Å². The third kappa shape index (κ3) is 4.87.